The number of carboxylic acids is 1. The Morgan fingerprint density at radius 3 is 2.46 bits per heavy atom. The Hall–Kier alpha value is -3.02. The zero-order valence-corrected chi connectivity index (χ0v) is 13.6. The smallest absolute Gasteiger partial charge is 0.326 e. The molecule has 4 N–H and O–H groups in total. The minimum atomic E-state index is -1.10. The number of aliphatic carboxylic acids is 1. The van der Waals surface area contributed by atoms with Gasteiger partial charge in [0.25, 0.3) is 5.91 Å². The highest BCUT2D eigenvalue weighted by Crippen LogP contribution is 2.21. The molecule has 1 amide bonds. The number of methoxy groups -OCH3 is 1. The Kier molecular flexibility index (Phi) is 5.42. The average molecular weight is 328 g/mol. The van der Waals surface area contributed by atoms with Crippen LogP contribution in [0.2, 0.25) is 0 Å². The summed E-state index contributed by atoms with van der Waals surface area (Å²) in [4.78, 5) is 24.0. The minimum Gasteiger partial charge on any atom is -0.496 e. The number of nitrogens with two attached hydrogens (primary N) is 1. The second kappa shape index (κ2) is 7.50. The van der Waals surface area contributed by atoms with Gasteiger partial charge in [-0.3, -0.25) is 4.79 Å². The number of anilines is 1. The first-order valence-corrected chi connectivity index (χ1v) is 7.44. The van der Waals surface area contributed by atoms with Crippen molar-refractivity contribution < 1.29 is 19.4 Å². The van der Waals surface area contributed by atoms with Crippen molar-refractivity contribution in [3.63, 3.8) is 0 Å². The highest BCUT2D eigenvalue weighted by molar-refractivity contribution is 6.00. The molecule has 0 fully saturated rings. The molecule has 2 aromatic carbocycles. The summed E-state index contributed by atoms with van der Waals surface area (Å²) in [5, 5.41) is 12.0. The summed E-state index contributed by atoms with van der Waals surface area (Å²) in [6.45, 7) is 1.77. The second-order valence-corrected chi connectivity index (χ2v) is 5.46. The fraction of sp³-hybridized carbons (Fsp3) is 0.222. The number of carbonyl (C=O) groups is 2. The molecule has 0 saturated heterocycles. The quantitative estimate of drug-likeness (QED) is 0.704. The number of nitrogen functional groups attached to an aromatic ring is 1. The molecule has 0 aliphatic rings. The maximum atomic E-state index is 12.5. The van der Waals surface area contributed by atoms with Gasteiger partial charge in [-0.1, -0.05) is 24.3 Å². The SMILES string of the molecule is COc1cccc(C)c1C(=O)NC(Cc1ccc(N)cc1)C(=O)O. The molecular weight excluding hydrogens is 308 g/mol. The number of amides is 1. The maximum absolute atomic E-state index is 12.5. The van der Waals surface area contributed by atoms with Crippen LogP contribution in [0.1, 0.15) is 21.5 Å². The van der Waals surface area contributed by atoms with Gasteiger partial charge in [-0.25, -0.2) is 4.79 Å². The van der Waals surface area contributed by atoms with Crippen molar-refractivity contribution in [2.75, 3.05) is 12.8 Å². The van der Waals surface area contributed by atoms with Crippen molar-refractivity contribution in [1.82, 2.24) is 5.32 Å². The highest BCUT2D eigenvalue weighted by Gasteiger charge is 2.23. The highest BCUT2D eigenvalue weighted by atomic mass is 16.5. The number of carbonyl (C=O) groups excluding carboxylic acids is 1. The van der Waals surface area contributed by atoms with Crippen LogP contribution in [0.15, 0.2) is 42.5 Å². The van der Waals surface area contributed by atoms with Crippen LogP contribution in [-0.4, -0.2) is 30.1 Å². The summed E-state index contributed by atoms with van der Waals surface area (Å²) >= 11 is 0. The molecular formula is C18H20N2O4. The van der Waals surface area contributed by atoms with Gasteiger partial charge >= 0.3 is 5.97 Å². The van der Waals surface area contributed by atoms with E-state index in [0.717, 1.165) is 5.56 Å². The Labute approximate surface area is 140 Å². The molecule has 24 heavy (non-hydrogen) atoms. The largest absolute Gasteiger partial charge is 0.496 e. The first-order valence-electron chi connectivity index (χ1n) is 7.44. The summed E-state index contributed by atoms with van der Waals surface area (Å²) in [7, 11) is 1.47. The molecule has 2 rings (SSSR count). The average Bonchev–Trinajstić information content (AvgIpc) is 2.55. The van der Waals surface area contributed by atoms with Crippen LogP contribution in [0.25, 0.3) is 0 Å². The topological polar surface area (TPSA) is 102 Å². The van der Waals surface area contributed by atoms with E-state index in [2.05, 4.69) is 5.32 Å². The normalized spacial score (nSPS) is 11.6. The lowest BCUT2D eigenvalue weighted by molar-refractivity contribution is -0.139. The standard InChI is InChI=1S/C18H20N2O4/c1-11-4-3-5-15(24-2)16(11)17(21)20-14(18(22)23)10-12-6-8-13(19)9-7-12/h3-9,14H,10,19H2,1-2H3,(H,20,21)(H,22,23). The minimum absolute atomic E-state index is 0.162. The molecule has 0 aliphatic heterocycles. The molecule has 0 saturated carbocycles. The van der Waals surface area contributed by atoms with Gasteiger partial charge in [-0.15, -0.1) is 0 Å². The van der Waals surface area contributed by atoms with Crippen LogP contribution in [-0.2, 0) is 11.2 Å². The molecule has 6 heteroatoms. The monoisotopic (exact) mass is 328 g/mol. The first-order chi connectivity index (χ1) is 11.4. The number of ether oxygens (including phenoxy) is 1. The molecule has 1 atom stereocenters. The third-order valence-corrected chi connectivity index (χ3v) is 3.70. The van der Waals surface area contributed by atoms with Gasteiger partial charge in [0.05, 0.1) is 12.7 Å². The van der Waals surface area contributed by atoms with E-state index in [1.807, 2.05) is 0 Å². The van der Waals surface area contributed by atoms with Crippen LogP contribution in [0.4, 0.5) is 5.69 Å². The lowest BCUT2D eigenvalue weighted by atomic mass is 10.0. The Morgan fingerprint density at radius 1 is 1.21 bits per heavy atom. The van der Waals surface area contributed by atoms with E-state index in [1.165, 1.54) is 7.11 Å². The van der Waals surface area contributed by atoms with Crippen LogP contribution in [0.5, 0.6) is 5.75 Å². The van der Waals surface area contributed by atoms with Crippen molar-refractivity contribution in [3.05, 3.63) is 59.2 Å². The van der Waals surface area contributed by atoms with Crippen LogP contribution < -0.4 is 15.8 Å². The number of aryl methyl sites for hydroxylation is 1. The van der Waals surface area contributed by atoms with E-state index in [1.54, 1.807) is 49.4 Å². The zero-order chi connectivity index (χ0) is 17.7. The van der Waals surface area contributed by atoms with Gasteiger partial charge in [0.15, 0.2) is 0 Å². The molecule has 126 valence electrons. The third-order valence-electron chi connectivity index (χ3n) is 3.70. The molecule has 0 heterocycles. The molecule has 2 aromatic rings. The summed E-state index contributed by atoms with van der Waals surface area (Å²) in [6.07, 6.45) is 0.162. The predicted octanol–water partition coefficient (Wildman–Crippen LogP) is 2.01. The van der Waals surface area contributed by atoms with Gasteiger partial charge in [0, 0.05) is 12.1 Å². The van der Waals surface area contributed by atoms with Gasteiger partial charge in [0.1, 0.15) is 11.8 Å². The van der Waals surface area contributed by atoms with E-state index in [4.69, 9.17) is 10.5 Å². The van der Waals surface area contributed by atoms with Crippen molar-refractivity contribution in [3.8, 4) is 5.75 Å². The second-order valence-electron chi connectivity index (χ2n) is 5.46. The molecule has 0 aromatic heterocycles. The fourth-order valence-electron chi connectivity index (χ4n) is 2.42. The van der Waals surface area contributed by atoms with Crippen LogP contribution >= 0.6 is 0 Å². The number of hydrogen-bond acceptors (Lipinski definition) is 4. The van der Waals surface area contributed by atoms with Crippen molar-refractivity contribution >= 4 is 17.6 Å². The van der Waals surface area contributed by atoms with E-state index in [-0.39, 0.29) is 6.42 Å². The van der Waals surface area contributed by atoms with Crippen molar-refractivity contribution in [2.24, 2.45) is 0 Å². The van der Waals surface area contributed by atoms with Crippen molar-refractivity contribution in [1.29, 1.82) is 0 Å². The molecule has 6 nitrogen and oxygen atoms in total. The molecule has 0 radical (unpaired) electrons. The number of carboxylic acid groups (broad SMARTS) is 1. The number of hydrogen-bond donors (Lipinski definition) is 3. The zero-order valence-electron chi connectivity index (χ0n) is 13.6. The third kappa shape index (κ3) is 4.04. The maximum Gasteiger partial charge on any atom is 0.326 e. The molecule has 0 bridgehead atoms. The molecule has 0 aliphatic carbocycles. The lowest BCUT2D eigenvalue weighted by Gasteiger charge is -2.17. The van der Waals surface area contributed by atoms with E-state index in [0.29, 0.717) is 22.6 Å². The summed E-state index contributed by atoms with van der Waals surface area (Å²) in [6, 6.07) is 11.0. The van der Waals surface area contributed by atoms with Gasteiger partial charge in [0.2, 0.25) is 0 Å². The molecule has 0 spiro atoms. The Balaban J connectivity index is 2.20. The number of benzene rings is 2. The summed E-state index contributed by atoms with van der Waals surface area (Å²) < 4.78 is 5.20. The van der Waals surface area contributed by atoms with Crippen LogP contribution in [0, 0.1) is 6.92 Å². The van der Waals surface area contributed by atoms with Crippen LogP contribution in [0.3, 0.4) is 0 Å². The van der Waals surface area contributed by atoms with Gasteiger partial charge < -0.3 is 20.9 Å². The van der Waals surface area contributed by atoms with E-state index in [9.17, 15) is 14.7 Å². The Morgan fingerprint density at radius 2 is 1.88 bits per heavy atom. The van der Waals surface area contributed by atoms with Gasteiger partial charge in [-0.2, -0.15) is 0 Å². The van der Waals surface area contributed by atoms with Gasteiger partial charge in [-0.05, 0) is 36.2 Å². The predicted molar refractivity (Wildman–Crippen MR) is 91.2 cm³/mol. The van der Waals surface area contributed by atoms with E-state index >= 15 is 0 Å². The van der Waals surface area contributed by atoms with Crippen molar-refractivity contribution in [2.45, 2.75) is 19.4 Å². The number of nitrogens with one attached hydrogen (secondary N) is 1. The van der Waals surface area contributed by atoms with E-state index < -0.39 is 17.9 Å². The summed E-state index contributed by atoms with van der Waals surface area (Å²) in [5.74, 6) is -1.18. The Bertz CT molecular complexity index is 741. The number of rotatable bonds is 6. The first kappa shape index (κ1) is 17.3. The lowest BCUT2D eigenvalue weighted by Crippen LogP contribution is -2.42. The molecule has 1 unspecified atom stereocenters. The fourth-order valence-corrected chi connectivity index (χ4v) is 2.42. The summed E-state index contributed by atoms with van der Waals surface area (Å²) in [5.41, 5.74) is 8.04.